The summed E-state index contributed by atoms with van der Waals surface area (Å²) in [6.07, 6.45) is 0. The van der Waals surface area contributed by atoms with E-state index in [-0.39, 0.29) is 17.4 Å². The summed E-state index contributed by atoms with van der Waals surface area (Å²) in [7, 11) is -0.210. The Balaban J connectivity index is 1.58. The molecule has 3 rings (SSSR count). The minimum absolute atomic E-state index is 0.0716. The van der Waals surface area contributed by atoms with Gasteiger partial charge in [0.15, 0.2) is 6.61 Å². The van der Waals surface area contributed by atoms with Gasteiger partial charge in [-0.15, -0.1) is 0 Å². The van der Waals surface area contributed by atoms with Crippen LogP contribution in [-0.2, 0) is 14.8 Å². The maximum absolute atomic E-state index is 12.6. The van der Waals surface area contributed by atoms with Gasteiger partial charge in [-0.2, -0.15) is 0 Å². The summed E-state index contributed by atoms with van der Waals surface area (Å²) in [5.74, 6) is 0.918. The van der Waals surface area contributed by atoms with Gasteiger partial charge >= 0.3 is 0 Å². The van der Waals surface area contributed by atoms with E-state index >= 15 is 0 Å². The summed E-state index contributed by atoms with van der Waals surface area (Å²) in [6.45, 7) is 2.99. The first kappa shape index (κ1) is 20.9. The lowest BCUT2D eigenvalue weighted by Crippen LogP contribution is -2.48. The quantitative estimate of drug-likeness (QED) is 0.734. The van der Waals surface area contributed by atoms with E-state index in [1.165, 1.54) is 31.4 Å². The second-order valence-electron chi connectivity index (χ2n) is 6.78. The first-order chi connectivity index (χ1) is 13.9. The average molecular weight is 420 g/mol. The van der Waals surface area contributed by atoms with Crippen molar-refractivity contribution in [3.63, 3.8) is 0 Å². The zero-order valence-corrected chi connectivity index (χ0v) is 17.3. The molecule has 0 unspecified atom stereocenters. The minimum atomic E-state index is -3.75. The van der Waals surface area contributed by atoms with Crippen LogP contribution in [0.3, 0.4) is 0 Å². The fourth-order valence-electron chi connectivity index (χ4n) is 2.91. The molecule has 1 saturated heterocycles. The van der Waals surface area contributed by atoms with Gasteiger partial charge < -0.3 is 19.3 Å². The van der Waals surface area contributed by atoms with E-state index in [0.29, 0.717) is 30.3 Å². The van der Waals surface area contributed by atoms with Crippen molar-refractivity contribution in [3.05, 3.63) is 48.5 Å². The molecule has 0 aliphatic carbocycles. The Bertz CT molecular complexity index is 939. The van der Waals surface area contributed by atoms with Crippen LogP contribution in [0.4, 0.5) is 5.69 Å². The molecule has 2 aromatic carbocycles. The number of anilines is 1. The van der Waals surface area contributed by atoms with Crippen molar-refractivity contribution in [2.24, 2.45) is 0 Å². The lowest BCUT2D eigenvalue weighted by molar-refractivity contribution is -0.134. The first-order valence-electron chi connectivity index (χ1n) is 9.23. The van der Waals surface area contributed by atoms with Crippen LogP contribution in [0.15, 0.2) is 53.4 Å². The fourth-order valence-corrected chi connectivity index (χ4v) is 3.96. The van der Waals surface area contributed by atoms with E-state index in [4.69, 9.17) is 9.47 Å². The van der Waals surface area contributed by atoms with E-state index in [2.05, 4.69) is 9.62 Å². The van der Waals surface area contributed by atoms with Crippen LogP contribution in [0, 0.1) is 0 Å². The summed E-state index contributed by atoms with van der Waals surface area (Å²) < 4.78 is 38.2. The highest BCUT2D eigenvalue weighted by molar-refractivity contribution is 7.92. The molecule has 0 atom stereocenters. The highest BCUT2D eigenvalue weighted by Gasteiger charge is 2.19. The van der Waals surface area contributed by atoms with Gasteiger partial charge in [0.25, 0.3) is 15.9 Å². The van der Waals surface area contributed by atoms with E-state index < -0.39 is 10.0 Å². The number of nitrogens with one attached hydrogen (secondary N) is 1. The van der Waals surface area contributed by atoms with E-state index in [1.54, 1.807) is 29.2 Å². The molecule has 2 aromatic rings. The highest BCUT2D eigenvalue weighted by Crippen LogP contribution is 2.22. The van der Waals surface area contributed by atoms with Crippen LogP contribution in [0.5, 0.6) is 11.5 Å². The molecule has 9 heteroatoms. The lowest BCUT2D eigenvalue weighted by atomic mass is 10.3. The van der Waals surface area contributed by atoms with Crippen LogP contribution in [0.2, 0.25) is 0 Å². The molecule has 1 fully saturated rings. The Morgan fingerprint density at radius 3 is 2.38 bits per heavy atom. The number of piperazine rings is 1. The predicted molar refractivity (Wildman–Crippen MR) is 110 cm³/mol. The van der Waals surface area contributed by atoms with Crippen LogP contribution >= 0.6 is 0 Å². The van der Waals surface area contributed by atoms with E-state index in [0.717, 1.165) is 13.1 Å². The van der Waals surface area contributed by atoms with Crippen LogP contribution < -0.4 is 14.2 Å². The molecule has 8 nitrogen and oxygen atoms in total. The predicted octanol–water partition coefficient (Wildman–Crippen LogP) is 1.65. The number of amides is 1. The summed E-state index contributed by atoms with van der Waals surface area (Å²) in [5.41, 5.74) is 0.405. The summed E-state index contributed by atoms with van der Waals surface area (Å²) in [6, 6.07) is 12.6. The fraction of sp³-hybridized carbons (Fsp3) is 0.350. The van der Waals surface area contributed by atoms with E-state index in [1.807, 2.05) is 7.05 Å². The number of likely N-dealkylation sites (N-methyl/N-ethyl adjacent to an activating group) is 1. The Kier molecular flexibility index (Phi) is 6.60. The first-order valence-corrected chi connectivity index (χ1v) is 10.7. The lowest BCUT2D eigenvalue weighted by Gasteiger charge is -2.32. The topological polar surface area (TPSA) is 88.2 Å². The molecule has 0 saturated carbocycles. The number of rotatable bonds is 7. The van der Waals surface area contributed by atoms with Gasteiger partial charge in [0.1, 0.15) is 11.5 Å². The molecule has 0 radical (unpaired) electrons. The van der Waals surface area contributed by atoms with Crippen molar-refractivity contribution in [2.45, 2.75) is 4.90 Å². The molecule has 156 valence electrons. The third-order valence-corrected chi connectivity index (χ3v) is 6.07. The monoisotopic (exact) mass is 419 g/mol. The Morgan fingerprint density at radius 2 is 1.72 bits per heavy atom. The molecular weight excluding hydrogens is 394 g/mol. The number of methoxy groups -OCH3 is 1. The van der Waals surface area contributed by atoms with Gasteiger partial charge in [0.05, 0.1) is 17.7 Å². The summed E-state index contributed by atoms with van der Waals surface area (Å²) in [4.78, 5) is 16.3. The van der Waals surface area contributed by atoms with Crippen molar-refractivity contribution < 1.29 is 22.7 Å². The molecule has 1 aliphatic rings. The highest BCUT2D eigenvalue weighted by atomic mass is 32.2. The number of hydrogen-bond acceptors (Lipinski definition) is 6. The van der Waals surface area contributed by atoms with Gasteiger partial charge in [-0.25, -0.2) is 8.42 Å². The summed E-state index contributed by atoms with van der Waals surface area (Å²) in [5, 5.41) is 0. The van der Waals surface area contributed by atoms with Crippen molar-refractivity contribution in [2.75, 3.05) is 51.7 Å². The number of benzene rings is 2. The molecule has 0 bridgehead atoms. The number of carbonyl (C=O) groups excluding carboxylic acids is 1. The number of ether oxygens (including phenoxy) is 2. The second kappa shape index (κ2) is 9.15. The van der Waals surface area contributed by atoms with Crippen molar-refractivity contribution in [3.8, 4) is 11.5 Å². The maximum atomic E-state index is 12.6. The molecule has 1 amide bonds. The third kappa shape index (κ3) is 5.61. The third-order valence-electron chi connectivity index (χ3n) is 4.67. The maximum Gasteiger partial charge on any atom is 0.261 e. The van der Waals surface area contributed by atoms with E-state index in [9.17, 15) is 13.2 Å². The number of hydrogen-bond donors (Lipinski definition) is 1. The van der Waals surface area contributed by atoms with Crippen molar-refractivity contribution >= 4 is 21.6 Å². The minimum Gasteiger partial charge on any atom is -0.497 e. The molecular formula is C20H25N3O5S. The molecule has 1 aliphatic heterocycles. The molecule has 29 heavy (non-hydrogen) atoms. The molecule has 0 aromatic heterocycles. The van der Waals surface area contributed by atoms with Gasteiger partial charge in [0.2, 0.25) is 0 Å². The van der Waals surface area contributed by atoms with Crippen molar-refractivity contribution in [1.29, 1.82) is 0 Å². The average Bonchev–Trinajstić information content (AvgIpc) is 2.72. The Labute approximate surface area is 171 Å². The van der Waals surface area contributed by atoms with Gasteiger partial charge in [-0.05, 0) is 43.4 Å². The largest absolute Gasteiger partial charge is 0.497 e. The van der Waals surface area contributed by atoms with Crippen LogP contribution in [0.1, 0.15) is 0 Å². The van der Waals surface area contributed by atoms with Crippen molar-refractivity contribution in [1.82, 2.24) is 9.80 Å². The normalized spacial score (nSPS) is 15.0. The Hall–Kier alpha value is -2.78. The van der Waals surface area contributed by atoms with Gasteiger partial charge in [-0.3, -0.25) is 9.52 Å². The number of nitrogens with zero attached hydrogens (tertiary/aromatic N) is 2. The SMILES string of the molecule is COc1cccc(NS(=O)(=O)c2ccc(OCC(=O)N3CCN(C)CC3)cc2)c1. The Morgan fingerprint density at radius 1 is 1.03 bits per heavy atom. The molecule has 1 N–H and O–H groups in total. The van der Waals surface area contributed by atoms with Gasteiger partial charge in [-0.1, -0.05) is 6.07 Å². The van der Waals surface area contributed by atoms with Gasteiger partial charge in [0, 0.05) is 32.2 Å². The van der Waals surface area contributed by atoms with Crippen LogP contribution in [0.25, 0.3) is 0 Å². The van der Waals surface area contributed by atoms with Crippen LogP contribution in [-0.4, -0.2) is 71.1 Å². The summed E-state index contributed by atoms with van der Waals surface area (Å²) >= 11 is 0. The zero-order valence-electron chi connectivity index (χ0n) is 16.5. The molecule has 0 spiro atoms. The smallest absolute Gasteiger partial charge is 0.261 e. The molecule has 1 heterocycles. The zero-order chi connectivity index (χ0) is 20.9. The standard InChI is InChI=1S/C20H25N3O5S/c1-22-10-12-23(13-11-22)20(24)15-28-17-6-8-19(9-7-17)29(25,26)21-16-4-3-5-18(14-16)27-2/h3-9,14,21H,10-13,15H2,1-2H3. The second-order valence-corrected chi connectivity index (χ2v) is 8.46. The number of sulfonamides is 1. The number of carbonyl (C=O) groups is 1.